The first-order valence-corrected chi connectivity index (χ1v) is 17.5. The van der Waals surface area contributed by atoms with E-state index >= 15 is 4.39 Å². The van der Waals surface area contributed by atoms with Gasteiger partial charge in [-0.05, 0) is 66.3 Å². The lowest BCUT2D eigenvalue weighted by atomic mass is 9.61. The molecule has 3 aromatic carbocycles. The molecule has 51 heavy (non-hydrogen) atoms. The van der Waals surface area contributed by atoms with Gasteiger partial charge in [-0.25, -0.2) is 24.0 Å². The van der Waals surface area contributed by atoms with Crippen molar-refractivity contribution < 1.29 is 14.3 Å². The van der Waals surface area contributed by atoms with Crippen LogP contribution >= 0.6 is 0 Å². The van der Waals surface area contributed by atoms with Crippen LogP contribution in [0.4, 0.5) is 10.2 Å². The number of aromatic nitrogens is 6. The third-order valence-corrected chi connectivity index (χ3v) is 11.1. The van der Waals surface area contributed by atoms with Crippen molar-refractivity contribution in [3.05, 3.63) is 138 Å². The number of carbonyl (C=O) groups is 1. The monoisotopic (exact) mass is 677 g/mol. The van der Waals surface area contributed by atoms with Gasteiger partial charge >= 0.3 is 5.97 Å². The molecule has 2 unspecified atom stereocenters. The number of carboxylic acids is 1. The van der Waals surface area contributed by atoms with E-state index in [1.54, 1.807) is 0 Å². The number of fused-ring (bicyclic) bond motifs is 5. The number of carboxylic acid groups (broad SMARTS) is 1. The zero-order valence-corrected chi connectivity index (χ0v) is 28.0. The Kier molecular flexibility index (Phi) is 7.41. The van der Waals surface area contributed by atoms with Gasteiger partial charge in [-0.3, -0.25) is 4.79 Å². The molecule has 9 nitrogen and oxygen atoms in total. The molecule has 3 aliphatic carbocycles. The number of hydrogen-bond acceptors (Lipinski definition) is 6. The van der Waals surface area contributed by atoms with Crippen LogP contribution in [0.25, 0.3) is 33.6 Å². The fraction of sp³-hybridized carbons (Fsp3) is 0.244. The van der Waals surface area contributed by atoms with Gasteiger partial charge in [0.25, 0.3) is 0 Å². The number of aryl methyl sites for hydroxylation is 1. The van der Waals surface area contributed by atoms with Crippen LogP contribution in [0.5, 0.6) is 0 Å². The summed E-state index contributed by atoms with van der Waals surface area (Å²) in [5, 5.41) is 20.5. The van der Waals surface area contributed by atoms with Crippen LogP contribution in [-0.4, -0.2) is 46.4 Å². The Balaban J connectivity index is 1.31. The lowest BCUT2D eigenvalue weighted by Crippen LogP contribution is -2.51. The minimum atomic E-state index is -1.02. The van der Waals surface area contributed by atoms with Crippen molar-refractivity contribution in [3.63, 3.8) is 0 Å². The highest BCUT2D eigenvalue weighted by molar-refractivity contribution is 5.94. The Morgan fingerprint density at radius 1 is 0.804 bits per heavy atom. The summed E-state index contributed by atoms with van der Waals surface area (Å²) < 4.78 is 19.0. The number of benzene rings is 3. The Labute approximate surface area is 293 Å². The van der Waals surface area contributed by atoms with E-state index in [4.69, 9.17) is 20.1 Å². The highest BCUT2D eigenvalue weighted by Crippen LogP contribution is 2.47. The standard InChI is InChI=1S/C41H36FN7O2/c1-48-22-21-31-36(44-34-26-19-17-25(18-20-26)33(34)40(50)51)45-37(46-39(31)48)35-32-23-30(42)24-43-38(32)49(47-35)41(27-11-5-2-6-12-27,28-13-7-3-8-14-28)29-15-9-4-10-16-29/h2-16,21-26,33-34H,17-20H2,1H3,(H,50,51)(H,44,45,46). The number of anilines is 1. The van der Waals surface area contributed by atoms with E-state index in [1.807, 2.05) is 83.2 Å². The molecule has 0 spiro atoms. The van der Waals surface area contributed by atoms with Crippen LogP contribution in [0.1, 0.15) is 42.4 Å². The van der Waals surface area contributed by atoms with Crippen molar-refractivity contribution in [3.8, 4) is 11.5 Å². The predicted molar refractivity (Wildman–Crippen MR) is 194 cm³/mol. The fourth-order valence-corrected chi connectivity index (χ4v) is 8.80. The fourth-order valence-electron chi connectivity index (χ4n) is 8.80. The van der Waals surface area contributed by atoms with Crippen LogP contribution in [0.3, 0.4) is 0 Å². The smallest absolute Gasteiger partial charge is 0.308 e. The third kappa shape index (κ3) is 4.92. The van der Waals surface area contributed by atoms with Crippen molar-refractivity contribution in [2.45, 2.75) is 37.3 Å². The van der Waals surface area contributed by atoms with E-state index in [0.717, 1.165) is 47.8 Å². The molecule has 0 aliphatic heterocycles. The second-order valence-electron chi connectivity index (χ2n) is 13.9. The Morgan fingerprint density at radius 2 is 1.39 bits per heavy atom. The lowest BCUT2D eigenvalue weighted by Gasteiger charge is -2.47. The van der Waals surface area contributed by atoms with Gasteiger partial charge in [0.15, 0.2) is 11.5 Å². The molecular formula is C41H36FN7O2. The molecule has 2 N–H and O–H groups in total. The number of nitrogens with one attached hydrogen (secondary N) is 1. The Morgan fingerprint density at radius 3 is 1.98 bits per heavy atom. The number of pyridine rings is 1. The minimum absolute atomic E-state index is 0.133. The Hall–Kier alpha value is -5.90. The van der Waals surface area contributed by atoms with E-state index in [9.17, 15) is 9.90 Å². The molecule has 3 saturated carbocycles. The summed E-state index contributed by atoms with van der Waals surface area (Å²) in [6.45, 7) is 0. The third-order valence-electron chi connectivity index (χ3n) is 11.1. The SMILES string of the molecule is Cn1ccc2c(NC3C4CCC(CC4)C3C(=O)O)nc(-c3nn(C(c4ccccc4)(c4ccccc4)c4ccccc4)c4ncc(F)cc34)nc21. The van der Waals surface area contributed by atoms with E-state index in [1.165, 1.54) is 12.3 Å². The lowest BCUT2D eigenvalue weighted by molar-refractivity contribution is -0.148. The first kappa shape index (κ1) is 31.1. The Bertz CT molecular complexity index is 2290. The number of aliphatic carboxylic acids is 1. The second kappa shape index (κ2) is 12.2. The van der Waals surface area contributed by atoms with Crippen molar-refractivity contribution >= 4 is 33.9 Å². The molecule has 7 aromatic rings. The highest BCUT2D eigenvalue weighted by atomic mass is 19.1. The van der Waals surface area contributed by atoms with Crippen LogP contribution < -0.4 is 5.32 Å². The minimum Gasteiger partial charge on any atom is -0.481 e. The molecule has 0 saturated heterocycles. The van der Waals surface area contributed by atoms with E-state index in [-0.39, 0.29) is 17.9 Å². The van der Waals surface area contributed by atoms with E-state index < -0.39 is 23.2 Å². The predicted octanol–water partition coefficient (Wildman–Crippen LogP) is 7.66. The van der Waals surface area contributed by atoms with Gasteiger partial charge in [-0.2, -0.15) is 5.10 Å². The average molecular weight is 678 g/mol. The molecule has 10 heteroatoms. The summed E-state index contributed by atoms with van der Waals surface area (Å²) >= 11 is 0. The number of rotatable bonds is 8. The highest BCUT2D eigenvalue weighted by Gasteiger charge is 2.48. The molecule has 4 aromatic heterocycles. The first-order valence-electron chi connectivity index (χ1n) is 17.5. The van der Waals surface area contributed by atoms with Gasteiger partial charge in [0.2, 0.25) is 0 Å². The summed E-state index contributed by atoms with van der Waals surface area (Å²) in [6.07, 6.45) is 6.98. The maximum absolute atomic E-state index is 15.3. The molecule has 2 bridgehead atoms. The summed E-state index contributed by atoms with van der Waals surface area (Å²) in [5.74, 6) is -0.579. The van der Waals surface area contributed by atoms with E-state index in [0.29, 0.717) is 34.0 Å². The summed E-state index contributed by atoms with van der Waals surface area (Å²) in [4.78, 5) is 27.4. The van der Waals surface area contributed by atoms with Crippen molar-refractivity contribution in [2.75, 3.05) is 5.32 Å². The zero-order chi connectivity index (χ0) is 34.7. The second-order valence-corrected chi connectivity index (χ2v) is 13.9. The van der Waals surface area contributed by atoms with Crippen LogP contribution in [0.2, 0.25) is 0 Å². The van der Waals surface area contributed by atoms with Gasteiger partial charge in [0, 0.05) is 19.3 Å². The van der Waals surface area contributed by atoms with Gasteiger partial charge < -0.3 is 15.0 Å². The normalized spacial score (nSPS) is 20.2. The quantitative estimate of drug-likeness (QED) is 0.159. The number of nitrogens with zero attached hydrogens (tertiary/aromatic N) is 6. The van der Waals surface area contributed by atoms with Crippen molar-refractivity contribution in [1.29, 1.82) is 0 Å². The van der Waals surface area contributed by atoms with E-state index in [2.05, 4.69) is 41.7 Å². The van der Waals surface area contributed by atoms with Gasteiger partial charge in [-0.15, -0.1) is 0 Å². The van der Waals surface area contributed by atoms with Gasteiger partial charge in [0.1, 0.15) is 28.5 Å². The topological polar surface area (TPSA) is 111 Å². The molecule has 3 fully saturated rings. The molecule has 0 amide bonds. The number of halogens is 1. The summed E-state index contributed by atoms with van der Waals surface area (Å²) in [5.41, 5.74) is 3.30. The molecule has 2 atom stereocenters. The summed E-state index contributed by atoms with van der Waals surface area (Å²) in [7, 11) is 1.91. The van der Waals surface area contributed by atoms with Gasteiger partial charge in [0.05, 0.1) is 22.9 Å². The van der Waals surface area contributed by atoms with Crippen LogP contribution in [0.15, 0.2) is 116 Å². The van der Waals surface area contributed by atoms with Crippen LogP contribution in [-0.2, 0) is 17.4 Å². The first-order chi connectivity index (χ1) is 24.9. The molecule has 4 heterocycles. The van der Waals surface area contributed by atoms with Crippen molar-refractivity contribution in [1.82, 2.24) is 29.3 Å². The van der Waals surface area contributed by atoms with Gasteiger partial charge in [-0.1, -0.05) is 91.0 Å². The molecular weight excluding hydrogens is 641 g/mol. The van der Waals surface area contributed by atoms with Crippen LogP contribution in [0, 0.1) is 23.6 Å². The molecule has 3 aliphatic rings. The molecule has 0 radical (unpaired) electrons. The summed E-state index contributed by atoms with van der Waals surface area (Å²) in [6, 6.07) is 33.5. The maximum Gasteiger partial charge on any atom is 0.308 e. The zero-order valence-electron chi connectivity index (χ0n) is 28.0. The molecule has 10 rings (SSSR count). The average Bonchev–Trinajstić information content (AvgIpc) is 3.74. The molecule has 254 valence electrons. The van der Waals surface area contributed by atoms with Crippen molar-refractivity contribution in [2.24, 2.45) is 24.8 Å². The largest absolute Gasteiger partial charge is 0.481 e. The maximum atomic E-state index is 15.3. The number of hydrogen-bond donors (Lipinski definition) is 2.